The van der Waals surface area contributed by atoms with Crippen LogP contribution in [0.1, 0.15) is 24.0 Å². The smallest absolute Gasteiger partial charge is 0 e. The van der Waals surface area contributed by atoms with Crippen LogP contribution in [0.2, 0.25) is 5.02 Å². The van der Waals surface area contributed by atoms with E-state index in [-0.39, 0.29) is 33.6 Å². The molecule has 0 amide bonds. The summed E-state index contributed by atoms with van der Waals surface area (Å²) in [5.74, 6) is 0. The molecular weight excluding hydrogens is 592 g/mol. The average molecular weight is 614 g/mol. The molecule has 2 aromatic rings. The van der Waals surface area contributed by atoms with Gasteiger partial charge in [0.1, 0.15) is 5.60 Å². The molecule has 37 heavy (non-hydrogen) atoms. The zero-order chi connectivity index (χ0) is 28.1. The quantitative estimate of drug-likeness (QED) is 0.390. The molecule has 11 heteroatoms. The minimum Gasteiger partial charge on any atom is 0 e. The Bertz CT molecular complexity index is 832. The van der Waals surface area contributed by atoms with Crippen LogP contribution in [0, 0.1) is 52.7 Å². The number of aliphatic hydroxyl groups is 1. The predicted octanol–water partition coefficient (Wildman–Crippen LogP) is 3.85. The van der Waals surface area contributed by atoms with Gasteiger partial charge in [-0.2, -0.15) is 0 Å². The van der Waals surface area contributed by atoms with Crippen LogP contribution < -0.4 is 0 Å². The Labute approximate surface area is 243 Å². The Balaban J connectivity index is -0.000000152. The van der Waals surface area contributed by atoms with E-state index in [4.69, 9.17) is 39.5 Å². The minimum absolute atomic E-state index is 0. The van der Waals surface area contributed by atoms with Crippen LogP contribution in [0.5, 0.6) is 0 Å². The second kappa shape index (κ2) is 36.3. The molecule has 198 valence electrons. The molecule has 3 rings (SSSR count). The molecule has 2 aromatic carbocycles. The number of hydrogen-bond donors (Lipinski definition) is 1. The van der Waals surface area contributed by atoms with Gasteiger partial charge in [-0.1, -0.05) is 54.1 Å². The van der Waals surface area contributed by atoms with Crippen molar-refractivity contribution in [2.45, 2.75) is 18.4 Å². The van der Waals surface area contributed by atoms with Gasteiger partial charge in [-0.3, -0.25) is 0 Å². The Morgan fingerprint density at radius 3 is 1.49 bits per heavy atom. The molecule has 4 radical (unpaired) electrons. The van der Waals surface area contributed by atoms with Gasteiger partial charge in [0.15, 0.2) is 0 Å². The third kappa shape index (κ3) is 19.8. The molecule has 0 saturated carbocycles. The fourth-order valence-corrected chi connectivity index (χ4v) is 3.22. The normalized spacial score (nSPS) is 11.5. The summed E-state index contributed by atoms with van der Waals surface area (Å²) in [5, 5.41) is 12.0. The molecule has 1 unspecified atom stereocenters. The first-order chi connectivity index (χ1) is 17.2. The maximum Gasteiger partial charge on any atom is 0 e. The first-order valence-corrected chi connectivity index (χ1v) is 9.73. The molecule has 1 saturated heterocycles. The van der Waals surface area contributed by atoms with E-state index >= 15 is 0 Å². The number of likely N-dealkylation sites (tertiary alicyclic amines) is 1. The summed E-state index contributed by atoms with van der Waals surface area (Å²) in [6.45, 7) is 30.2. The second-order valence-corrected chi connectivity index (χ2v) is 6.49. The number of nitrogens with zero attached hydrogens (tertiary/aromatic N) is 1. The van der Waals surface area contributed by atoms with E-state index in [1.54, 1.807) is 0 Å². The molecular formula is C26H22ClCo2NO7. The summed E-state index contributed by atoms with van der Waals surface area (Å²) >= 11 is 5.99. The van der Waals surface area contributed by atoms with E-state index in [1.165, 1.54) is 12.8 Å². The van der Waals surface area contributed by atoms with E-state index in [0.29, 0.717) is 5.02 Å². The fraction of sp³-hybridized carbons (Fsp3) is 0.231. The summed E-state index contributed by atoms with van der Waals surface area (Å²) in [7, 11) is 0. The third-order valence-corrected chi connectivity index (χ3v) is 4.67. The van der Waals surface area contributed by atoms with Crippen LogP contribution in [-0.2, 0) is 67.1 Å². The summed E-state index contributed by atoms with van der Waals surface area (Å²) in [6, 6.07) is 17.2. The van der Waals surface area contributed by atoms with E-state index in [0.717, 1.165) is 30.8 Å². The number of hydrogen-bond acceptors (Lipinski definition) is 2. The van der Waals surface area contributed by atoms with Crippen LogP contribution in [0.4, 0.5) is 0 Å². The summed E-state index contributed by atoms with van der Waals surface area (Å²) in [4.78, 5) is 2.41. The Morgan fingerprint density at radius 1 is 0.703 bits per heavy atom. The van der Waals surface area contributed by atoms with Crippen LogP contribution in [0.3, 0.4) is 0 Å². The van der Waals surface area contributed by atoms with Gasteiger partial charge in [-0.25, -0.2) is 0 Å². The van der Waals surface area contributed by atoms with Crippen molar-refractivity contribution in [2.24, 2.45) is 0 Å². The molecule has 1 aliphatic rings. The van der Waals surface area contributed by atoms with Gasteiger partial charge in [-0.05, 0) is 55.6 Å². The molecule has 1 heterocycles. The summed E-state index contributed by atoms with van der Waals surface area (Å²) in [6.07, 6.45) is 6.53. The number of halogens is 1. The number of rotatable bonds is 6. The standard InChI is InChI=1S/C20H22ClNO.6CO.2Co/c21-19-11-9-18(10-12-19)20(23,17-7-2-1-3-8-17)13-6-16-22-14-4-5-15-22;6*1-2;;/h1-3,6-13,23H,4-5,14-16H2;;;;;;;;. The van der Waals surface area contributed by atoms with Crippen molar-refractivity contribution in [1.29, 1.82) is 0 Å². The molecule has 0 aliphatic carbocycles. The maximum atomic E-state index is 11.4. The molecule has 0 bridgehead atoms. The SMILES string of the molecule is OC([CH][CH]CN1CCCC1)(c1ccccc1)c1ccc(Cl)cc1.[C-]#[O+].[C-]#[O+].[C-]#[O+].[C-]#[O+].[C-]#[O+].[C-]#[O+].[Co].[Co]. The third-order valence-electron chi connectivity index (χ3n) is 4.42. The Kier molecular flexibility index (Phi) is 47.2. The van der Waals surface area contributed by atoms with Gasteiger partial charge in [0.05, 0.1) is 0 Å². The molecule has 1 aliphatic heterocycles. The van der Waals surface area contributed by atoms with Gasteiger partial charge in [0.2, 0.25) is 0 Å². The van der Waals surface area contributed by atoms with Gasteiger partial charge in [0, 0.05) is 51.5 Å². The van der Waals surface area contributed by atoms with E-state index in [2.05, 4.69) is 51.2 Å². The number of benzene rings is 2. The molecule has 0 aromatic heterocycles. The van der Waals surface area contributed by atoms with Crippen molar-refractivity contribution in [3.8, 4) is 0 Å². The second-order valence-electron chi connectivity index (χ2n) is 6.05. The van der Waals surface area contributed by atoms with E-state index < -0.39 is 5.60 Å². The molecule has 8 nitrogen and oxygen atoms in total. The molecule has 1 atom stereocenters. The van der Waals surface area contributed by atoms with E-state index in [1.807, 2.05) is 61.0 Å². The predicted molar refractivity (Wildman–Crippen MR) is 119 cm³/mol. The van der Waals surface area contributed by atoms with Gasteiger partial charge >= 0.3 is 67.8 Å². The summed E-state index contributed by atoms with van der Waals surface area (Å²) < 4.78 is 45.0. The average Bonchev–Trinajstić information content (AvgIpc) is 3.50. The monoisotopic (exact) mass is 613 g/mol. The fourth-order valence-electron chi connectivity index (χ4n) is 3.09. The van der Waals surface area contributed by atoms with Gasteiger partial charge in [0.25, 0.3) is 0 Å². The van der Waals surface area contributed by atoms with Crippen LogP contribution in [0.25, 0.3) is 0 Å². The van der Waals surface area contributed by atoms with Crippen LogP contribution in [-0.4, -0.2) is 29.6 Å². The molecule has 0 spiro atoms. The zero-order valence-corrected chi connectivity index (χ0v) is 22.1. The summed E-state index contributed by atoms with van der Waals surface area (Å²) in [5.41, 5.74) is 0.553. The van der Waals surface area contributed by atoms with Crippen molar-refractivity contribution in [3.05, 3.63) is 123 Å². The zero-order valence-electron chi connectivity index (χ0n) is 19.3. The van der Waals surface area contributed by atoms with Crippen molar-refractivity contribution in [3.63, 3.8) is 0 Å². The molecule has 1 N–H and O–H groups in total. The minimum atomic E-state index is -1.13. The van der Waals surface area contributed by atoms with Gasteiger partial charge < -0.3 is 10.0 Å². The van der Waals surface area contributed by atoms with Crippen LogP contribution >= 0.6 is 11.6 Å². The topological polar surface area (TPSA) is 143 Å². The van der Waals surface area contributed by atoms with Gasteiger partial charge in [-0.15, -0.1) is 0 Å². The Hall–Kier alpha value is -1.90. The first kappa shape index (κ1) is 48.2. The molecule has 1 fully saturated rings. The Morgan fingerprint density at radius 2 is 1.08 bits per heavy atom. The van der Waals surface area contributed by atoms with Crippen molar-refractivity contribution in [1.82, 2.24) is 4.90 Å². The largest absolute Gasteiger partial charge is 0 e. The van der Waals surface area contributed by atoms with Crippen LogP contribution in [0.15, 0.2) is 54.6 Å². The van der Waals surface area contributed by atoms with Crippen molar-refractivity contribution in [2.75, 3.05) is 19.6 Å². The van der Waals surface area contributed by atoms with Crippen molar-refractivity contribution < 1.29 is 66.6 Å². The van der Waals surface area contributed by atoms with Crippen molar-refractivity contribution >= 4 is 11.6 Å². The first-order valence-electron chi connectivity index (χ1n) is 9.35. The maximum absolute atomic E-state index is 11.4. The van der Waals surface area contributed by atoms with E-state index in [9.17, 15) is 5.11 Å².